The molecule has 3 aliphatic heterocycles. The Morgan fingerprint density at radius 3 is 2.43 bits per heavy atom. The zero-order valence-corrected chi connectivity index (χ0v) is 28.8. The average Bonchev–Trinajstić information content (AvgIpc) is 3.10. The minimum atomic E-state index is -4.03. The van der Waals surface area contributed by atoms with Gasteiger partial charge >= 0.3 is 0 Å². The second-order valence-electron chi connectivity index (χ2n) is 12.6. The standard InChI is InChI=1S/C34H46N6O8S/c1-34(2,23-41)40-12-15-46-16-17-47-18-19-48-31-26(21-36-20-24-10-13-45-14-11-24)4-3-5-28(31)39-33(42)30-32(35)37-22-29(38-30)25-6-8-27(9-7-25)49(40,43)44/h3-9,22,24,36,41H,10-21,23H2,1-2H3,(H2,35,37)(H,39,42). The number of aromatic nitrogens is 2. The lowest BCUT2D eigenvalue weighted by atomic mass is 10.0. The Balaban J connectivity index is 1.43. The molecule has 0 unspecified atom stereocenters. The second kappa shape index (κ2) is 16.8. The van der Waals surface area contributed by atoms with Gasteiger partial charge in [-0.15, -0.1) is 0 Å². The molecule has 6 rings (SSSR count). The maximum atomic E-state index is 13.7. The summed E-state index contributed by atoms with van der Waals surface area (Å²) < 4.78 is 51.8. The van der Waals surface area contributed by atoms with Gasteiger partial charge in [0.2, 0.25) is 10.0 Å². The summed E-state index contributed by atoms with van der Waals surface area (Å²) in [5.74, 6) is 0.387. The Labute approximate surface area is 287 Å². The van der Waals surface area contributed by atoms with Gasteiger partial charge in [0.05, 0.1) is 61.0 Å². The number of aliphatic hydroxyl groups excluding tert-OH is 1. The molecular formula is C34H46N6O8S. The van der Waals surface area contributed by atoms with Crippen LogP contribution in [0.15, 0.2) is 53.6 Å². The van der Waals surface area contributed by atoms with Crippen molar-refractivity contribution in [2.24, 2.45) is 5.92 Å². The highest BCUT2D eigenvalue weighted by atomic mass is 32.2. The van der Waals surface area contributed by atoms with Crippen LogP contribution in [0.4, 0.5) is 11.5 Å². The first-order chi connectivity index (χ1) is 23.6. The molecule has 4 bridgehead atoms. The molecule has 266 valence electrons. The van der Waals surface area contributed by atoms with E-state index in [0.29, 0.717) is 35.2 Å². The Bertz CT molecular complexity index is 1670. The molecule has 2 aromatic carbocycles. The normalized spacial score (nSPS) is 18.8. The molecule has 1 aromatic heterocycles. The molecule has 49 heavy (non-hydrogen) atoms. The van der Waals surface area contributed by atoms with Gasteiger partial charge in [0, 0.05) is 37.4 Å². The number of benzene rings is 2. The van der Waals surface area contributed by atoms with Crippen LogP contribution in [-0.2, 0) is 30.8 Å². The number of nitrogens with zero attached hydrogens (tertiary/aromatic N) is 3. The fraction of sp³-hybridized carbons (Fsp3) is 0.500. The summed E-state index contributed by atoms with van der Waals surface area (Å²) in [6.45, 7) is 6.86. The summed E-state index contributed by atoms with van der Waals surface area (Å²) in [6, 6.07) is 11.6. The number of nitrogens with one attached hydrogen (secondary N) is 2. The average molecular weight is 699 g/mol. The van der Waals surface area contributed by atoms with Crippen molar-refractivity contribution in [3.63, 3.8) is 0 Å². The third kappa shape index (κ3) is 9.30. The van der Waals surface area contributed by atoms with Gasteiger partial charge < -0.3 is 40.4 Å². The topological polar surface area (TPSA) is 187 Å². The zero-order chi connectivity index (χ0) is 34.9. The van der Waals surface area contributed by atoms with Crippen LogP contribution in [0.2, 0.25) is 0 Å². The zero-order valence-electron chi connectivity index (χ0n) is 28.0. The summed E-state index contributed by atoms with van der Waals surface area (Å²) in [5.41, 5.74) is 7.10. The SMILES string of the molecule is CC(C)(CO)N1CCOCCOCCOc2c(CNCC3CCOCC3)cccc2NC(=O)c2nc(cnc2N)-c2ccc(cc2)S1(=O)=O. The van der Waals surface area contributed by atoms with E-state index < -0.39 is 28.1 Å². The van der Waals surface area contributed by atoms with E-state index in [4.69, 9.17) is 24.7 Å². The minimum Gasteiger partial charge on any atom is -0.489 e. The van der Waals surface area contributed by atoms with E-state index >= 15 is 0 Å². The number of rotatable bonds is 6. The summed E-state index contributed by atoms with van der Waals surface area (Å²) in [7, 11) is -4.03. The number of aliphatic hydroxyl groups is 1. The van der Waals surface area contributed by atoms with Crippen molar-refractivity contribution in [1.29, 1.82) is 0 Å². The lowest BCUT2D eigenvalue weighted by Gasteiger charge is -2.36. The molecule has 3 aliphatic rings. The van der Waals surface area contributed by atoms with Crippen molar-refractivity contribution >= 4 is 27.4 Å². The molecule has 1 saturated heterocycles. The van der Waals surface area contributed by atoms with Gasteiger partial charge in [-0.3, -0.25) is 4.79 Å². The number of anilines is 2. The van der Waals surface area contributed by atoms with Crippen LogP contribution < -0.4 is 21.1 Å². The van der Waals surface area contributed by atoms with Crippen LogP contribution in [0, 0.1) is 5.92 Å². The number of amides is 1. The van der Waals surface area contributed by atoms with Crippen molar-refractivity contribution in [1.82, 2.24) is 19.6 Å². The quantitative estimate of drug-likeness (QED) is 0.276. The summed E-state index contributed by atoms with van der Waals surface area (Å²) in [4.78, 5) is 22.4. The molecule has 3 aromatic rings. The maximum Gasteiger partial charge on any atom is 0.278 e. The molecule has 0 atom stereocenters. The molecule has 5 N–H and O–H groups in total. The summed E-state index contributed by atoms with van der Waals surface area (Å²) >= 11 is 0. The first-order valence-corrected chi connectivity index (χ1v) is 17.9. The monoisotopic (exact) mass is 698 g/mol. The number of nitrogen functional groups attached to an aromatic ring is 1. The third-order valence-corrected chi connectivity index (χ3v) is 10.7. The van der Waals surface area contributed by atoms with E-state index in [2.05, 4.69) is 20.6 Å². The third-order valence-electron chi connectivity index (χ3n) is 8.53. The van der Waals surface area contributed by atoms with E-state index in [1.807, 2.05) is 12.1 Å². The van der Waals surface area contributed by atoms with Crippen LogP contribution >= 0.6 is 0 Å². The first-order valence-electron chi connectivity index (χ1n) is 16.5. The van der Waals surface area contributed by atoms with Gasteiger partial charge in [-0.25, -0.2) is 18.4 Å². The molecule has 0 spiro atoms. The van der Waals surface area contributed by atoms with Crippen LogP contribution in [0.5, 0.6) is 5.75 Å². The summed E-state index contributed by atoms with van der Waals surface area (Å²) in [5, 5.41) is 16.5. The van der Waals surface area contributed by atoms with Crippen molar-refractivity contribution in [3.8, 4) is 17.0 Å². The summed E-state index contributed by atoms with van der Waals surface area (Å²) in [6.07, 6.45) is 3.44. The Kier molecular flexibility index (Phi) is 12.5. The predicted octanol–water partition coefficient (Wildman–Crippen LogP) is 2.68. The number of para-hydroxylation sites is 1. The first kappa shape index (κ1) is 36.6. The number of ether oxygens (including phenoxy) is 4. The van der Waals surface area contributed by atoms with Gasteiger partial charge in [0.1, 0.15) is 12.4 Å². The molecule has 0 aliphatic carbocycles. The molecule has 1 amide bonds. The highest BCUT2D eigenvalue weighted by Gasteiger charge is 2.36. The number of carbonyl (C=O) groups is 1. The second-order valence-corrected chi connectivity index (χ2v) is 14.4. The lowest BCUT2D eigenvalue weighted by molar-refractivity contribution is 0.0255. The van der Waals surface area contributed by atoms with Crippen molar-refractivity contribution in [3.05, 3.63) is 59.9 Å². The van der Waals surface area contributed by atoms with E-state index in [0.717, 1.165) is 38.2 Å². The van der Waals surface area contributed by atoms with Crippen molar-refractivity contribution in [2.45, 2.75) is 43.7 Å². The fourth-order valence-corrected chi connectivity index (χ4v) is 7.42. The minimum absolute atomic E-state index is 0.0186. The van der Waals surface area contributed by atoms with E-state index in [-0.39, 0.29) is 56.0 Å². The maximum absolute atomic E-state index is 13.7. The highest BCUT2D eigenvalue weighted by Crippen LogP contribution is 2.31. The molecule has 15 heteroatoms. The van der Waals surface area contributed by atoms with Crippen LogP contribution in [-0.4, -0.2) is 105 Å². The Morgan fingerprint density at radius 2 is 1.69 bits per heavy atom. The van der Waals surface area contributed by atoms with Crippen LogP contribution in [0.3, 0.4) is 0 Å². The van der Waals surface area contributed by atoms with E-state index in [1.165, 1.54) is 22.6 Å². The van der Waals surface area contributed by atoms with Gasteiger partial charge in [0.15, 0.2) is 11.5 Å². The molecular weight excluding hydrogens is 652 g/mol. The molecule has 0 saturated carbocycles. The largest absolute Gasteiger partial charge is 0.489 e. The number of hydrogen-bond acceptors (Lipinski definition) is 12. The molecule has 14 nitrogen and oxygen atoms in total. The number of carbonyl (C=O) groups excluding carboxylic acids is 1. The lowest BCUT2D eigenvalue weighted by Crippen LogP contribution is -2.51. The van der Waals surface area contributed by atoms with Gasteiger partial charge in [-0.2, -0.15) is 4.31 Å². The molecule has 0 radical (unpaired) electrons. The smallest absolute Gasteiger partial charge is 0.278 e. The van der Waals surface area contributed by atoms with Crippen LogP contribution in [0.25, 0.3) is 11.3 Å². The highest BCUT2D eigenvalue weighted by molar-refractivity contribution is 7.89. The van der Waals surface area contributed by atoms with Gasteiger partial charge in [0.25, 0.3) is 5.91 Å². The van der Waals surface area contributed by atoms with E-state index in [1.54, 1.807) is 32.0 Å². The van der Waals surface area contributed by atoms with Gasteiger partial charge in [-0.05, 0) is 57.4 Å². The predicted molar refractivity (Wildman–Crippen MR) is 184 cm³/mol. The number of fused-ring (bicyclic) bond motifs is 13. The Morgan fingerprint density at radius 1 is 1.00 bits per heavy atom. The number of nitrogens with two attached hydrogens (primary N) is 1. The van der Waals surface area contributed by atoms with E-state index in [9.17, 15) is 18.3 Å². The van der Waals surface area contributed by atoms with Crippen LogP contribution in [0.1, 0.15) is 42.7 Å². The fourth-order valence-electron chi connectivity index (χ4n) is 5.66. The molecule has 1 fully saturated rings. The number of hydrogen-bond donors (Lipinski definition) is 4. The molecule has 4 heterocycles. The van der Waals surface area contributed by atoms with Crippen molar-refractivity contribution in [2.75, 3.05) is 77.0 Å². The van der Waals surface area contributed by atoms with Crippen molar-refractivity contribution < 1.29 is 37.3 Å². The van der Waals surface area contributed by atoms with Gasteiger partial charge in [-0.1, -0.05) is 24.3 Å². The Hall–Kier alpha value is -3.70. The number of sulfonamides is 1.